The molecule has 5 aromatic rings. The van der Waals surface area contributed by atoms with Crippen LogP contribution in [0.25, 0.3) is 28.0 Å². The van der Waals surface area contributed by atoms with Crippen LogP contribution in [0.15, 0.2) is 79.1 Å². The number of rotatable bonds is 6. The highest BCUT2D eigenvalue weighted by Gasteiger charge is 2.26. The molecule has 2 aromatic carbocycles. The van der Waals surface area contributed by atoms with Gasteiger partial charge in [-0.05, 0) is 30.3 Å². The van der Waals surface area contributed by atoms with Gasteiger partial charge in [-0.3, -0.25) is 20.0 Å². The summed E-state index contributed by atoms with van der Waals surface area (Å²) in [7, 11) is 1.66. The van der Waals surface area contributed by atoms with E-state index in [0.717, 1.165) is 11.1 Å². The second-order valence-corrected chi connectivity index (χ2v) is 9.18. The van der Waals surface area contributed by atoms with Crippen LogP contribution in [0.3, 0.4) is 0 Å². The highest BCUT2D eigenvalue weighted by atomic mass is 35.5. The van der Waals surface area contributed by atoms with E-state index in [9.17, 15) is 9.59 Å². The third kappa shape index (κ3) is 4.89. The van der Waals surface area contributed by atoms with Crippen LogP contribution in [0, 0.1) is 0 Å². The first-order valence-electron chi connectivity index (χ1n) is 11.5. The van der Waals surface area contributed by atoms with Crippen LogP contribution in [0.4, 0.5) is 11.6 Å². The predicted molar refractivity (Wildman–Crippen MR) is 148 cm³/mol. The summed E-state index contributed by atoms with van der Waals surface area (Å²) in [4.78, 5) is 34.5. The number of halogens is 2. The van der Waals surface area contributed by atoms with E-state index in [1.165, 1.54) is 16.4 Å². The number of fused-ring (bicyclic) bond motifs is 1. The van der Waals surface area contributed by atoms with Crippen LogP contribution >= 0.6 is 23.2 Å². The molecule has 0 radical (unpaired) electrons. The number of hydrazine groups is 1. The first-order valence-corrected chi connectivity index (χ1v) is 12.2. The minimum atomic E-state index is -0.531. The summed E-state index contributed by atoms with van der Waals surface area (Å²) in [6, 6.07) is 19.9. The molecule has 0 aliphatic carbocycles. The Labute approximate surface area is 228 Å². The fraction of sp³-hybridized carbons (Fsp3) is 0.0741. The molecular formula is C27H21Cl2N7O2. The average molecular weight is 546 g/mol. The molecule has 0 aliphatic rings. The Kier molecular flexibility index (Phi) is 6.95. The van der Waals surface area contributed by atoms with Crippen molar-refractivity contribution < 1.29 is 9.59 Å². The Morgan fingerprint density at radius 1 is 0.921 bits per heavy atom. The summed E-state index contributed by atoms with van der Waals surface area (Å²) in [5.41, 5.74) is 5.88. The van der Waals surface area contributed by atoms with Crippen LogP contribution in [-0.2, 0) is 4.79 Å². The van der Waals surface area contributed by atoms with E-state index >= 15 is 0 Å². The van der Waals surface area contributed by atoms with Crippen molar-refractivity contribution in [2.75, 3.05) is 17.4 Å². The van der Waals surface area contributed by atoms with Crippen molar-refractivity contribution in [1.29, 1.82) is 0 Å². The summed E-state index contributed by atoms with van der Waals surface area (Å²) >= 11 is 12.7. The smallest absolute Gasteiger partial charge is 0.277 e. The van der Waals surface area contributed by atoms with Gasteiger partial charge in [-0.25, -0.2) is 14.5 Å². The number of carbonyl (C=O) groups is 2. The zero-order valence-electron chi connectivity index (χ0n) is 20.3. The van der Waals surface area contributed by atoms with E-state index in [4.69, 9.17) is 23.2 Å². The molecule has 3 aromatic heterocycles. The molecule has 0 saturated carbocycles. The van der Waals surface area contributed by atoms with Crippen LogP contribution in [-0.4, -0.2) is 38.4 Å². The van der Waals surface area contributed by atoms with Gasteiger partial charge in [0.15, 0.2) is 11.5 Å². The molecule has 0 saturated heterocycles. The number of carbonyl (C=O) groups excluding carboxylic acids is 2. The molecule has 190 valence electrons. The Morgan fingerprint density at radius 2 is 1.66 bits per heavy atom. The fourth-order valence-corrected chi connectivity index (χ4v) is 4.39. The highest BCUT2D eigenvalue weighted by molar-refractivity contribution is 6.33. The molecule has 2 N–H and O–H groups in total. The standard InChI is InChI=1S/C27H21Cl2N7O2/c1-16(37)32-25-23(27(38)34-35(2)22-9-5-6-14-30-22)26-31-15-20(19-7-3-4-8-21(19)29)24(36(26)33-25)17-10-12-18(28)13-11-17/h3-15H,1-2H3,(H,34,38)(H,32,33,37). The minimum absolute atomic E-state index is 0.0587. The molecule has 9 nitrogen and oxygen atoms in total. The predicted octanol–water partition coefficient (Wildman–Crippen LogP) is 5.50. The van der Waals surface area contributed by atoms with Crippen LogP contribution < -0.4 is 15.8 Å². The Bertz CT molecular complexity index is 1650. The molecule has 0 unspecified atom stereocenters. The van der Waals surface area contributed by atoms with Crippen molar-refractivity contribution in [2.24, 2.45) is 0 Å². The van der Waals surface area contributed by atoms with E-state index in [1.54, 1.807) is 55.8 Å². The number of pyridine rings is 1. The first-order chi connectivity index (χ1) is 18.3. The first kappa shape index (κ1) is 25.2. The number of nitrogens with zero attached hydrogens (tertiary/aromatic N) is 5. The Morgan fingerprint density at radius 3 is 2.34 bits per heavy atom. The summed E-state index contributed by atoms with van der Waals surface area (Å²) < 4.78 is 1.53. The van der Waals surface area contributed by atoms with Gasteiger partial charge in [-0.2, -0.15) is 0 Å². The molecule has 2 amide bonds. The molecule has 11 heteroatoms. The lowest BCUT2D eigenvalue weighted by molar-refractivity contribution is -0.114. The summed E-state index contributed by atoms with van der Waals surface area (Å²) in [5.74, 6) is -0.338. The third-order valence-corrected chi connectivity index (χ3v) is 6.29. The zero-order valence-corrected chi connectivity index (χ0v) is 21.8. The number of aromatic nitrogens is 4. The number of hydrogen-bond acceptors (Lipinski definition) is 6. The molecule has 3 heterocycles. The molecular weight excluding hydrogens is 525 g/mol. The maximum atomic E-state index is 13.5. The summed E-state index contributed by atoms with van der Waals surface area (Å²) in [6.07, 6.45) is 3.26. The second-order valence-electron chi connectivity index (χ2n) is 8.34. The van der Waals surface area contributed by atoms with E-state index in [0.29, 0.717) is 27.1 Å². The van der Waals surface area contributed by atoms with Gasteiger partial charge in [0.05, 0.1) is 5.69 Å². The van der Waals surface area contributed by atoms with Gasteiger partial charge in [0, 0.05) is 53.1 Å². The second kappa shape index (κ2) is 10.5. The van der Waals surface area contributed by atoms with E-state index in [1.807, 2.05) is 30.3 Å². The maximum Gasteiger partial charge on any atom is 0.277 e. The largest absolute Gasteiger partial charge is 0.309 e. The lowest BCUT2D eigenvalue weighted by atomic mass is 10.0. The number of hydrogen-bond donors (Lipinski definition) is 2. The van der Waals surface area contributed by atoms with Crippen molar-refractivity contribution in [3.05, 3.63) is 94.7 Å². The van der Waals surface area contributed by atoms with Crippen molar-refractivity contribution in [3.63, 3.8) is 0 Å². The van der Waals surface area contributed by atoms with E-state index in [-0.39, 0.29) is 22.9 Å². The Balaban J connectivity index is 1.73. The Hall–Kier alpha value is -4.47. The number of anilines is 2. The quantitative estimate of drug-likeness (QED) is 0.273. The van der Waals surface area contributed by atoms with Crippen LogP contribution in [0.1, 0.15) is 17.3 Å². The SMILES string of the molecule is CC(=O)Nc1nn2c(-c3ccc(Cl)cc3)c(-c3ccccc3Cl)cnc2c1C(=O)NN(C)c1ccccn1. The molecule has 38 heavy (non-hydrogen) atoms. The van der Waals surface area contributed by atoms with Gasteiger partial charge >= 0.3 is 0 Å². The van der Waals surface area contributed by atoms with Crippen molar-refractivity contribution >= 4 is 52.3 Å². The normalized spacial score (nSPS) is 10.8. The maximum absolute atomic E-state index is 13.5. The lowest BCUT2D eigenvalue weighted by Gasteiger charge is -2.19. The molecule has 5 rings (SSSR count). The summed E-state index contributed by atoms with van der Waals surface area (Å²) in [5, 5.41) is 9.84. The number of amides is 2. The monoisotopic (exact) mass is 545 g/mol. The summed E-state index contributed by atoms with van der Waals surface area (Å²) in [6.45, 7) is 1.34. The number of benzene rings is 2. The minimum Gasteiger partial charge on any atom is -0.309 e. The van der Waals surface area contributed by atoms with E-state index in [2.05, 4.69) is 25.8 Å². The third-order valence-electron chi connectivity index (χ3n) is 5.71. The van der Waals surface area contributed by atoms with Crippen molar-refractivity contribution in [3.8, 4) is 22.4 Å². The van der Waals surface area contributed by atoms with Crippen LogP contribution in [0.2, 0.25) is 10.0 Å². The fourth-order valence-electron chi connectivity index (χ4n) is 4.03. The molecule has 0 spiro atoms. The van der Waals surface area contributed by atoms with Gasteiger partial charge in [0.25, 0.3) is 5.91 Å². The molecule has 0 aliphatic heterocycles. The molecule has 0 fully saturated rings. The van der Waals surface area contributed by atoms with Gasteiger partial charge < -0.3 is 5.32 Å². The van der Waals surface area contributed by atoms with Gasteiger partial charge in [0.2, 0.25) is 5.91 Å². The highest BCUT2D eigenvalue weighted by Crippen LogP contribution is 2.37. The van der Waals surface area contributed by atoms with Crippen molar-refractivity contribution in [1.82, 2.24) is 25.0 Å². The van der Waals surface area contributed by atoms with Gasteiger partial charge in [0.1, 0.15) is 11.4 Å². The van der Waals surface area contributed by atoms with Gasteiger partial charge in [-0.1, -0.05) is 59.6 Å². The van der Waals surface area contributed by atoms with Gasteiger partial charge in [-0.15, -0.1) is 5.10 Å². The van der Waals surface area contributed by atoms with Crippen LogP contribution in [0.5, 0.6) is 0 Å². The molecule has 0 bridgehead atoms. The van der Waals surface area contributed by atoms with E-state index < -0.39 is 5.91 Å². The number of nitrogens with one attached hydrogen (secondary N) is 2. The lowest BCUT2D eigenvalue weighted by Crippen LogP contribution is -2.40. The molecule has 0 atom stereocenters. The zero-order chi connectivity index (χ0) is 26.8. The topological polar surface area (TPSA) is 105 Å². The van der Waals surface area contributed by atoms with Crippen molar-refractivity contribution in [2.45, 2.75) is 6.92 Å². The average Bonchev–Trinajstić information content (AvgIpc) is 3.27.